The Balaban J connectivity index is 1.65. The van der Waals surface area contributed by atoms with Gasteiger partial charge in [-0.15, -0.1) is 0 Å². The number of halogens is 2. The van der Waals surface area contributed by atoms with Crippen LogP contribution in [0.25, 0.3) is 54.8 Å². The first-order chi connectivity index (χ1) is 16.6. The summed E-state index contributed by atoms with van der Waals surface area (Å²) in [7, 11) is 0. The largest absolute Gasteiger partial charge is 0.463 e. The Morgan fingerprint density at radius 1 is 1.00 bits per heavy atom. The SMILES string of the molecule is O=c1oc2ncccc2c2c3c4occc4c(F)cc3n(Cc3cnc4ccccc4c3Cl)c12. The highest BCUT2D eigenvalue weighted by molar-refractivity contribution is 6.36. The van der Waals surface area contributed by atoms with E-state index in [9.17, 15) is 4.79 Å². The molecule has 6 nitrogen and oxygen atoms in total. The fourth-order valence-corrected chi connectivity index (χ4v) is 5.04. The Hall–Kier alpha value is -4.23. The van der Waals surface area contributed by atoms with Gasteiger partial charge in [0.2, 0.25) is 5.71 Å². The van der Waals surface area contributed by atoms with E-state index in [1.165, 1.54) is 12.3 Å². The molecule has 0 aliphatic rings. The number of aromatic nitrogens is 3. The van der Waals surface area contributed by atoms with Crippen molar-refractivity contribution in [1.82, 2.24) is 14.5 Å². The summed E-state index contributed by atoms with van der Waals surface area (Å²) >= 11 is 6.75. The number of fused-ring (bicyclic) bond motifs is 8. The monoisotopic (exact) mass is 469 g/mol. The molecule has 8 heteroatoms. The summed E-state index contributed by atoms with van der Waals surface area (Å²) in [5.74, 6) is -0.449. The molecular weight excluding hydrogens is 457 g/mol. The number of pyridine rings is 2. The number of benzene rings is 2. The third-order valence-electron chi connectivity index (χ3n) is 6.25. The lowest BCUT2D eigenvalue weighted by atomic mass is 10.1. The first-order valence-electron chi connectivity index (χ1n) is 10.5. The standard InChI is InChI=1S/C26H13ClFN3O3/c27-22-13(11-30-18-6-2-1-4-15(18)22)12-31-19-10-17(28)14-7-9-33-24(14)21(19)20-16-5-3-8-29-25(16)34-26(32)23(20)31/h1-11H,12H2. The highest BCUT2D eigenvalue weighted by Crippen LogP contribution is 2.39. The molecule has 164 valence electrons. The van der Waals surface area contributed by atoms with Crippen LogP contribution >= 0.6 is 11.6 Å². The van der Waals surface area contributed by atoms with E-state index in [1.54, 1.807) is 29.1 Å². The van der Waals surface area contributed by atoms with E-state index in [1.807, 2.05) is 30.3 Å². The van der Waals surface area contributed by atoms with Gasteiger partial charge in [-0.2, -0.15) is 0 Å². The Morgan fingerprint density at radius 2 is 1.85 bits per heavy atom. The van der Waals surface area contributed by atoms with Crippen LogP contribution in [0.1, 0.15) is 5.56 Å². The van der Waals surface area contributed by atoms with Crippen molar-refractivity contribution in [2.45, 2.75) is 6.54 Å². The minimum atomic E-state index is -0.581. The van der Waals surface area contributed by atoms with Crippen LogP contribution in [0.15, 0.2) is 80.8 Å². The molecule has 0 fully saturated rings. The van der Waals surface area contributed by atoms with Crippen molar-refractivity contribution in [3.63, 3.8) is 0 Å². The zero-order valence-corrected chi connectivity index (χ0v) is 18.1. The Kier molecular flexibility index (Phi) is 3.90. The molecule has 5 aromatic heterocycles. The second-order valence-corrected chi connectivity index (χ2v) is 8.46. The van der Waals surface area contributed by atoms with Gasteiger partial charge in [-0.3, -0.25) is 4.98 Å². The first kappa shape index (κ1) is 19.3. The minimum absolute atomic E-state index is 0.179. The zero-order chi connectivity index (χ0) is 23.0. The summed E-state index contributed by atoms with van der Waals surface area (Å²) in [6, 6.07) is 14.1. The maximum atomic E-state index is 15.1. The summed E-state index contributed by atoms with van der Waals surface area (Å²) in [5.41, 5.74) is 2.20. The molecule has 5 heterocycles. The van der Waals surface area contributed by atoms with Gasteiger partial charge in [0.15, 0.2) is 0 Å². The van der Waals surface area contributed by atoms with Gasteiger partial charge in [0.1, 0.15) is 16.9 Å². The molecule has 7 aromatic rings. The summed E-state index contributed by atoms with van der Waals surface area (Å²) < 4.78 is 28.0. The molecular formula is C26H13ClFN3O3. The molecule has 0 saturated carbocycles. The quantitative estimate of drug-likeness (QED) is 0.291. The van der Waals surface area contributed by atoms with E-state index in [4.69, 9.17) is 20.4 Å². The van der Waals surface area contributed by atoms with Gasteiger partial charge in [0.05, 0.1) is 39.6 Å². The molecule has 0 radical (unpaired) electrons. The number of rotatable bonds is 2. The molecule has 0 aliphatic heterocycles. The lowest BCUT2D eigenvalue weighted by molar-refractivity contribution is 0.553. The van der Waals surface area contributed by atoms with E-state index >= 15 is 4.39 Å². The van der Waals surface area contributed by atoms with E-state index in [0.717, 1.165) is 10.9 Å². The summed E-state index contributed by atoms with van der Waals surface area (Å²) in [5, 5.41) is 3.50. The molecule has 0 bridgehead atoms. The predicted molar refractivity (Wildman–Crippen MR) is 129 cm³/mol. The van der Waals surface area contributed by atoms with Crippen LogP contribution < -0.4 is 5.63 Å². The molecule has 7 rings (SSSR count). The fourth-order valence-electron chi connectivity index (χ4n) is 4.77. The number of para-hydroxylation sites is 1. The van der Waals surface area contributed by atoms with Crippen molar-refractivity contribution in [1.29, 1.82) is 0 Å². The molecule has 0 amide bonds. The van der Waals surface area contributed by atoms with Gasteiger partial charge < -0.3 is 13.4 Å². The van der Waals surface area contributed by atoms with Crippen LogP contribution in [0.5, 0.6) is 0 Å². The topological polar surface area (TPSA) is 74.1 Å². The third kappa shape index (κ3) is 2.53. The summed E-state index contributed by atoms with van der Waals surface area (Å²) in [6.07, 6.45) is 4.67. The first-order valence-corrected chi connectivity index (χ1v) is 10.9. The number of furan rings is 1. The molecule has 0 N–H and O–H groups in total. The maximum Gasteiger partial charge on any atom is 0.362 e. The fraction of sp³-hybridized carbons (Fsp3) is 0.0385. The van der Waals surface area contributed by atoms with Crippen LogP contribution in [-0.2, 0) is 6.54 Å². The van der Waals surface area contributed by atoms with Gasteiger partial charge in [0.25, 0.3) is 0 Å². The van der Waals surface area contributed by atoms with E-state index in [0.29, 0.717) is 43.2 Å². The van der Waals surface area contributed by atoms with Gasteiger partial charge in [0, 0.05) is 34.1 Å². The summed E-state index contributed by atoms with van der Waals surface area (Å²) in [4.78, 5) is 22.0. The zero-order valence-electron chi connectivity index (χ0n) is 17.4. The molecule has 0 atom stereocenters. The third-order valence-corrected chi connectivity index (χ3v) is 6.70. The van der Waals surface area contributed by atoms with Crippen LogP contribution in [0, 0.1) is 5.82 Å². The van der Waals surface area contributed by atoms with Crippen LogP contribution in [0.4, 0.5) is 4.39 Å². The van der Waals surface area contributed by atoms with Crippen molar-refractivity contribution in [2.24, 2.45) is 0 Å². The molecule has 0 spiro atoms. The van der Waals surface area contributed by atoms with Gasteiger partial charge in [-0.05, 0) is 30.3 Å². The summed E-state index contributed by atoms with van der Waals surface area (Å²) in [6.45, 7) is 0.179. The Bertz CT molecular complexity index is 2000. The van der Waals surface area contributed by atoms with Crippen LogP contribution in [0.2, 0.25) is 5.02 Å². The second kappa shape index (κ2) is 6.88. The smallest absolute Gasteiger partial charge is 0.362 e. The minimum Gasteiger partial charge on any atom is -0.463 e. The van der Waals surface area contributed by atoms with Crippen LogP contribution in [-0.4, -0.2) is 14.5 Å². The van der Waals surface area contributed by atoms with E-state index in [2.05, 4.69) is 9.97 Å². The lowest BCUT2D eigenvalue weighted by Crippen LogP contribution is -2.09. The van der Waals surface area contributed by atoms with E-state index < -0.39 is 11.4 Å². The highest BCUT2D eigenvalue weighted by atomic mass is 35.5. The van der Waals surface area contributed by atoms with Crippen molar-refractivity contribution in [2.75, 3.05) is 0 Å². The molecule has 2 aromatic carbocycles. The Morgan fingerprint density at radius 3 is 2.76 bits per heavy atom. The second-order valence-electron chi connectivity index (χ2n) is 8.09. The average molecular weight is 470 g/mol. The predicted octanol–water partition coefficient (Wildman–Crippen LogP) is 6.43. The van der Waals surface area contributed by atoms with Gasteiger partial charge in [-0.25, -0.2) is 14.2 Å². The number of hydrogen-bond acceptors (Lipinski definition) is 5. The van der Waals surface area contributed by atoms with Gasteiger partial charge in [-0.1, -0.05) is 29.8 Å². The maximum absolute atomic E-state index is 15.1. The van der Waals surface area contributed by atoms with Crippen LogP contribution in [0.3, 0.4) is 0 Å². The number of hydrogen-bond donors (Lipinski definition) is 0. The van der Waals surface area contributed by atoms with Crippen molar-refractivity contribution >= 4 is 66.4 Å². The Labute approximate surface area is 194 Å². The van der Waals surface area contributed by atoms with Crippen molar-refractivity contribution < 1.29 is 13.2 Å². The normalized spacial score (nSPS) is 12.1. The molecule has 0 unspecified atom stereocenters. The number of nitrogens with zero attached hydrogens (tertiary/aromatic N) is 3. The van der Waals surface area contributed by atoms with Crippen molar-refractivity contribution in [3.8, 4) is 0 Å². The molecule has 0 aliphatic carbocycles. The molecule has 0 saturated heterocycles. The average Bonchev–Trinajstić information content (AvgIpc) is 3.45. The lowest BCUT2D eigenvalue weighted by Gasteiger charge is -2.10. The highest BCUT2D eigenvalue weighted by Gasteiger charge is 2.24. The van der Waals surface area contributed by atoms with Crippen molar-refractivity contribution in [3.05, 3.63) is 94.0 Å². The van der Waals surface area contributed by atoms with E-state index in [-0.39, 0.29) is 17.8 Å². The molecule has 34 heavy (non-hydrogen) atoms. The van der Waals surface area contributed by atoms with Gasteiger partial charge >= 0.3 is 5.63 Å².